The Kier molecular flexibility index (Phi) is 9.08. The summed E-state index contributed by atoms with van der Waals surface area (Å²) in [6, 6.07) is 0. The van der Waals surface area contributed by atoms with Crippen molar-refractivity contribution in [2.75, 3.05) is 33.0 Å². The molecule has 0 unspecified atom stereocenters. The van der Waals surface area contributed by atoms with Crippen molar-refractivity contribution in [3.05, 3.63) is 0 Å². The van der Waals surface area contributed by atoms with Crippen molar-refractivity contribution >= 4 is 18.5 Å². The minimum absolute atomic E-state index is 0.422. The van der Waals surface area contributed by atoms with E-state index in [1.54, 1.807) is 0 Å². The molecule has 0 aliphatic heterocycles. The van der Waals surface area contributed by atoms with Crippen LogP contribution >= 0.6 is 6.72 Å². The minimum atomic E-state index is -2.51. The molecule has 0 saturated carbocycles. The second-order valence-electron chi connectivity index (χ2n) is 2.31. The molecular formula is C8H19O4PS. The highest BCUT2D eigenvalue weighted by molar-refractivity contribution is 8.07. The van der Waals surface area contributed by atoms with Crippen molar-refractivity contribution in [1.82, 2.24) is 0 Å². The summed E-state index contributed by atoms with van der Waals surface area (Å²) in [5.74, 6) is 0. The van der Waals surface area contributed by atoms with Gasteiger partial charge in [-0.15, -0.1) is 0 Å². The second kappa shape index (κ2) is 8.77. The first-order chi connectivity index (χ1) is 6.68. The van der Waals surface area contributed by atoms with E-state index >= 15 is 0 Å². The monoisotopic (exact) mass is 242 g/mol. The van der Waals surface area contributed by atoms with Gasteiger partial charge in [-0.05, 0) is 32.6 Å². The Labute approximate surface area is 91.1 Å². The highest BCUT2D eigenvalue weighted by Crippen LogP contribution is 2.49. The maximum Gasteiger partial charge on any atom is 0.327 e. The van der Waals surface area contributed by atoms with Crippen LogP contribution in [0.3, 0.4) is 0 Å². The third-order valence-electron chi connectivity index (χ3n) is 1.26. The van der Waals surface area contributed by atoms with Gasteiger partial charge >= 0.3 is 6.72 Å². The minimum Gasteiger partial charge on any atom is -0.379 e. The molecule has 6 heteroatoms. The SMILES string of the molecule is CCOCCOP(=S)(OCC)OCC. The van der Waals surface area contributed by atoms with Crippen molar-refractivity contribution in [3.8, 4) is 0 Å². The molecule has 0 spiro atoms. The van der Waals surface area contributed by atoms with Gasteiger partial charge < -0.3 is 18.3 Å². The van der Waals surface area contributed by atoms with E-state index in [0.29, 0.717) is 33.0 Å². The summed E-state index contributed by atoms with van der Waals surface area (Å²) in [6.45, 7) is 5.79. The standard InChI is InChI=1S/C8H19O4PS/c1-4-9-7-8-12-13(14,10-5-2)11-6-3/h4-8H2,1-3H3. The maximum atomic E-state index is 5.37. The van der Waals surface area contributed by atoms with Crippen LogP contribution in [0.15, 0.2) is 0 Å². The molecule has 14 heavy (non-hydrogen) atoms. The van der Waals surface area contributed by atoms with E-state index in [0.717, 1.165) is 0 Å². The summed E-state index contributed by atoms with van der Waals surface area (Å²) in [5.41, 5.74) is 0. The van der Waals surface area contributed by atoms with Gasteiger partial charge in [-0.2, -0.15) is 0 Å². The molecule has 0 atom stereocenters. The Morgan fingerprint density at radius 3 is 1.86 bits per heavy atom. The van der Waals surface area contributed by atoms with E-state index < -0.39 is 6.72 Å². The number of ether oxygens (including phenoxy) is 1. The Morgan fingerprint density at radius 1 is 0.857 bits per heavy atom. The predicted octanol–water partition coefficient (Wildman–Crippen LogP) is 2.34. The zero-order valence-electron chi connectivity index (χ0n) is 9.02. The number of hydrogen-bond donors (Lipinski definition) is 0. The van der Waals surface area contributed by atoms with Crippen LogP contribution in [-0.2, 0) is 30.1 Å². The molecule has 86 valence electrons. The van der Waals surface area contributed by atoms with Crippen molar-refractivity contribution in [2.45, 2.75) is 20.8 Å². The third-order valence-corrected chi connectivity index (χ3v) is 3.85. The van der Waals surface area contributed by atoms with Gasteiger partial charge in [-0.1, -0.05) is 0 Å². The van der Waals surface area contributed by atoms with Gasteiger partial charge in [0.1, 0.15) is 0 Å². The first-order valence-corrected chi connectivity index (χ1v) is 7.35. The largest absolute Gasteiger partial charge is 0.379 e. The second-order valence-corrected chi connectivity index (χ2v) is 5.32. The van der Waals surface area contributed by atoms with Crippen LogP contribution < -0.4 is 0 Å². The first kappa shape index (κ1) is 14.5. The van der Waals surface area contributed by atoms with E-state index in [4.69, 9.17) is 30.1 Å². The van der Waals surface area contributed by atoms with E-state index in [2.05, 4.69) is 0 Å². The van der Waals surface area contributed by atoms with Gasteiger partial charge in [0.2, 0.25) is 0 Å². The van der Waals surface area contributed by atoms with E-state index in [9.17, 15) is 0 Å². The molecule has 0 radical (unpaired) electrons. The highest BCUT2D eigenvalue weighted by Gasteiger charge is 2.18. The van der Waals surface area contributed by atoms with E-state index in [-0.39, 0.29) is 0 Å². The molecule has 0 fully saturated rings. The van der Waals surface area contributed by atoms with Crippen molar-refractivity contribution < 1.29 is 18.3 Å². The molecule has 0 heterocycles. The van der Waals surface area contributed by atoms with E-state index in [1.165, 1.54) is 0 Å². The van der Waals surface area contributed by atoms with E-state index in [1.807, 2.05) is 20.8 Å². The maximum absolute atomic E-state index is 5.37. The van der Waals surface area contributed by atoms with Crippen LogP contribution in [-0.4, -0.2) is 33.0 Å². The van der Waals surface area contributed by atoms with Gasteiger partial charge in [-0.3, -0.25) is 0 Å². The summed E-state index contributed by atoms with van der Waals surface area (Å²) >= 11 is 5.14. The van der Waals surface area contributed by atoms with Gasteiger partial charge in [-0.25, -0.2) is 0 Å². The average molecular weight is 242 g/mol. The lowest BCUT2D eigenvalue weighted by molar-refractivity contribution is 0.0906. The third kappa shape index (κ3) is 6.87. The molecule has 0 rings (SSSR count). The van der Waals surface area contributed by atoms with Gasteiger partial charge in [0.25, 0.3) is 0 Å². The Hall–Kier alpha value is 0.490. The van der Waals surface area contributed by atoms with Gasteiger partial charge in [0.15, 0.2) is 0 Å². The molecule has 0 aromatic carbocycles. The zero-order chi connectivity index (χ0) is 10.9. The molecule has 0 amide bonds. The molecule has 0 saturated heterocycles. The molecule has 0 aliphatic rings. The van der Waals surface area contributed by atoms with Crippen LogP contribution in [0, 0.1) is 0 Å². The summed E-state index contributed by atoms with van der Waals surface area (Å²) in [6.07, 6.45) is 0. The lowest BCUT2D eigenvalue weighted by atomic mass is 10.8. The molecule has 0 N–H and O–H groups in total. The smallest absolute Gasteiger partial charge is 0.327 e. The highest BCUT2D eigenvalue weighted by atomic mass is 32.5. The van der Waals surface area contributed by atoms with Crippen LogP contribution in [0.2, 0.25) is 0 Å². The summed E-state index contributed by atoms with van der Waals surface area (Å²) in [5, 5.41) is 0. The Morgan fingerprint density at radius 2 is 1.43 bits per heavy atom. The van der Waals surface area contributed by atoms with Gasteiger partial charge in [0, 0.05) is 6.61 Å². The average Bonchev–Trinajstić information content (AvgIpc) is 2.13. The van der Waals surface area contributed by atoms with Crippen LogP contribution in [0.25, 0.3) is 0 Å². The summed E-state index contributed by atoms with van der Waals surface area (Å²) in [4.78, 5) is 0. The summed E-state index contributed by atoms with van der Waals surface area (Å²) < 4.78 is 21.0. The fourth-order valence-electron chi connectivity index (χ4n) is 0.780. The molecule has 0 bridgehead atoms. The lowest BCUT2D eigenvalue weighted by Crippen LogP contribution is -2.06. The van der Waals surface area contributed by atoms with Crippen molar-refractivity contribution in [2.24, 2.45) is 0 Å². The van der Waals surface area contributed by atoms with Crippen LogP contribution in [0.1, 0.15) is 20.8 Å². The van der Waals surface area contributed by atoms with Crippen molar-refractivity contribution in [3.63, 3.8) is 0 Å². The van der Waals surface area contributed by atoms with Crippen molar-refractivity contribution in [1.29, 1.82) is 0 Å². The number of hydrogen-bond acceptors (Lipinski definition) is 5. The Bertz CT molecular complexity index is 167. The lowest BCUT2D eigenvalue weighted by Gasteiger charge is -2.20. The molecule has 0 aromatic heterocycles. The molecular weight excluding hydrogens is 223 g/mol. The van der Waals surface area contributed by atoms with Crippen LogP contribution in [0.4, 0.5) is 0 Å². The van der Waals surface area contributed by atoms with Crippen LogP contribution in [0.5, 0.6) is 0 Å². The topological polar surface area (TPSA) is 36.9 Å². The Balaban J connectivity index is 3.78. The summed E-state index contributed by atoms with van der Waals surface area (Å²) in [7, 11) is 0. The normalized spacial score (nSPS) is 11.9. The fourth-order valence-corrected chi connectivity index (χ4v) is 2.79. The zero-order valence-corrected chi connectivity index (χ0v) is 10.7. The van der Waals surface area contributed by atoms with Gasteiger partial charge in [0.05, 0.1) is 26.4 Å². The fraction of sp³-hybridized carbons (Fsp3) is 1.00. The molecule has 4 nitrogen and oxygen atoms in total. The predicted molar refractivity (Wildman–Crippen MR) is 60.0 cm³/mol. The quantitative estimate of drug-likeness (QED) is 0.458. The first-order valence-electron chi connectivity index (χ1n) is 4.79. The molecule has 0 aromatic rings. The number of rotatable bonds is 9. The molecule has 0 aliphatic carbocycles.